The van der Waals surface area contributed by atoms with Crippen LogP contribution in [0.5, 0.6) is 0 Å². The fraction of sp³-hybridized carbons (Fsp3) is 0.333. The van der Waals surface area contributed by atoms with Crippen LogP contribution in [0.4, 0.5) is 10.2 Å². The summed E-state index contributed by atoms with van der Waals surface area (Å²) in [4.78, 5) is 18.6. The van der Waals surface area contributed by atoms with Crippen LogP contribution >= 0.6 is 0 Å². The van der Waals surface area contributed by atoms with Gasteiger partial charge in [0.25, 0.3) is 5.91 Å². The molecule has 1 aromatic carbocycles. The molecular weight excluding hydrogens is 309 g/mol. The van der Waals surface area contributed by atoms with Crippen molar-refractivity contribution in [2.75, 3.05) is 37.7 Å². The second-order valence-electron chi connectivity index (χ2n) is 5.64. The van der Waals surface area contributed by atoms with Crippen LogP contribution in [-0.4, -0.2) is 43.7 Å². The highest BCUT2D eigenvalue weighted by Gasteiger charge is 2.13. The molecule has 6 heteroatoms. The van der Waals surface area contributed by atoms with Crippen LogP contribution in [0.25, 0.3) is 0 Å². The fourth-order valence-electron chi connectivity index (χ4n) is 2.61. The maximum atomic E-state index is 13.1. The standard InChI is InChI=1S/C18H20FN3O2/c19-16-3-1-2-14(12-16)6-7-20-18(23)15-4-5-17(21-13-15)22-8-10-24-11-9-22/h1-5,12-13H,6-11H2,(H,20,23). The number of aromatic nitrogens is 1. The Labute approximate surface area is 140 Å². The predicted molar refractivity (Wildman–Crippen MR) is 89.7 cm³/mol. The number of benzene rings is 1. The highest BCUT2D eigenvalue weighted by atomic mass is 19.1. The van der Waals surface area contributed by atoms with Crippen LogP contribution in [0.3, 0.4) is 0 Å². The average Bonchev–Trinajstić information content (AvgIpc) is 2.63. The molecule has 1 aliphatic rings. The molecule has 1 fully saturated rings. The number of carbonyl (C=O) groups is 1. The van der Waals surface area contributed by atoms with Crippen LogP contribution in [0.15, 0.2) is 42.6 Å². The Balaban J connectivity index is 1.51. The van der Waals surface area contributed by atoms with Crippen molar-refractivity contribution < 1.29 is 13.9 Å². The van der Waals surface area contributed by atoms with Gasteiger partial charge in [0.1, 0.15) is 11.6 Å². The molecular formula is C18H20FN3O2. The Hall–Kier alpha value is -2.47. The number of nitrogens with zero attached hydrogens (tertiary/aromatic N) is 2. The molecule has 1 saturated heterocycles. The molecule has 5 nitrogen and oxygen atoms in total. The minimum atomic E-state index is -0.262. The SMILES string of the molecule is O=C(NCCc1cccc(F)c1)c1ccc(N2CCOCC2)nc1. The van der Waals surface area contributed by atoms with Gasteiger partial charge in [0.05, 0.1) is 18.8 Å². The summed E-state index contributed by atoms with van der Waals surface area (Å²) in [5, 5.41) is 2.83. The largest absolute Gasteiger partial charge is 0.378 e. The van der Waals surface area contributed by atoms with Gasteiger partial charge in [-0.2, -0.15) is 0 Å². The number of carbonyl (C=O) groups excluding carboxylic acids is 1. The number of halogens is 1. The van der Waals surface area contributed by atoms with Gasteiger partial charge >= 0.3 is 0 Å². The van der Waals surface area contributed by atoms with Gasteiger partial charge in [-0.15, -0.1) is 0 Å². The third kappa shape index (κ3) is 4.29. The van der Waals surface area contributed by atoms with E-state index >= 15 is 0 Å². The van der Waals surface area contributed by atoms with Gasteiger partial charge in [-0.05, 0) is 36.2 Å². The maximum absolute atomic E-state index is 13.1. The van der Waals surface area contributed by atoms with E-state index in [1.165, 1.54) is 12.1 Å². The van der Waals surface area contributed by atoms with Crippen molar-refractivity contribution in [1.29, 1.82) is 0 Å². The van der Waals surface area contributed by atoms with Crippen molar-refractivity contribution >= 4 is 11.7 Å². The van der Waals surface area contributed by atoms with Gasteiger partial charge in [0.2, 0.25) is 0 Å². The van der Waals surface area contributed by atoms with Gasteiger partial charge in [0, 0.05) is 25.8 Å². The number of nitrogens with one attached hydrogen (secondary N) is 1. The van der Waals surface area contributed by atoms with E-state index in [1.807, 2.05) is 12.1 Å². The molecule has 0 spiro atoms. The molecule has 1 aromatic heterocycles. The van der Waals surface area contributed by atoms with Gasteiger partial charge in [-0.25, -0.2) is 9.37 Å². The summed E-state index contributed by atoms with van der Waals surface area (Å²) in [6.07, 6.45) is 2.17. The lowest BCUT2D eigenvalue weighted by molar-refractivity contribution is 0.0953. The number of pyridine rings is 1. The first kappa shape index (κ1) is 16.4. The number of anilines is 1. The molecule has 2 aromatic rings. The van der Waals surface area contributed by atoms with E-state index in [4.69, 9.17) is 4.74 Å². The fourth-order valence-corrected chi connectivity index (χ4v) is 2.61. The lowest BCUT2D eigenvalue weighted by atomic mass is 10.1. The van der Waals surface area contributed by atoms with Crippen LogP contribution in [0.2, 0.25) is 0 Å². The maximum Gasteiger partial charge on any atom is 0.252 e. The van der Waals surface area contributed by atoms with E-state index in [2.05, 4.69) is 15.2 Å². The van der Waals surface area contributed by atoms with Crippen LogP contribution in [0.1, 0.15) is 15.9 Å². The summed E-state index contributed by atoms with van der Waals surface area (Å²) in [6, 6.07) is 10.0. The Kier molecular flexibility index (Phi) is 5.38. The van der Waals surface area contributed by atoms with Gasteiger partial charge in [-0.3, -0.25) is 4.79 Å². The molecule has 0 bridgehead atoms. The predicted octanol–water partition coefficient (Wildman–Crippen LogP) is 2.03. The Bertz CT molecular complexity index is 685. The number of amides is 1. The van der Waals surface area contributed by atoms with E-state index in [1.54, 1.807) is 18.3 Å². The molecule has 0 radical (unpaired) electrons. The molecule has 24 heavy (non-hydrogen) atoms. The average molecular weight is 329 g/mol. The van der Waals surface area contributed by atoms with E-state index in [9.17, 15) is 9.18 Å². The first-order valence-corrected chi connectivity index (χ1v) is 8.04. The molecule has 0 saturated carbocycles. The molecule has 0 aliphatic carbocycles. The smallest absolute Gasteiger partial charge is 0.252 e. The topological polar surface area (TPSA) is 54.5 Å². The highest BCUT2D eigenvalue weighted by molar-refractivity contribution is 5.94. The number of rotatable bonds is 5. The molecule has 1 N–H and O–H groups in total. The van der Waals surface area contributed by atoms with E-state index < -0.39 is 0 Å². The quantitative estimate of drug-likeness (QED) is 0.912. The van der Waals surface area contributed by atoms with Crippen molar-refractivity contribution in [3.05, 3.63) is 59.5 Å². The highest BCUT2D eigenvalue weighted by Crippen LogP contribution is 2.13. The second kappa shape index (κ2) is 7.88. The monoisotopic (exact) mass is 329 g/mol. The third-order valence-corrected chi connectivity index (χ3v) is 3.93. The normalized spacial score (nSPS) is 14.5. The molecule has 126 valence electrons. The molecule has 3 rings (SSSR count). The Morgan fingerprint density at radius 2 is 2.08 bits per heavy atom. The van der Waals surface area contributed by atoms with Crippen LogP contribution in [-0.2, 0) is 11.2 Å². The first-order chi connectivity index (χ1) is 11.7. The zero-order chi connectivity index (χ0) is 16.8. The van der Waals surface area contributed by atoms with Gasteiger partial charge in [0.15, 0.2) is 0 Å². The zero-order valence-electron chi connectivity index (χ0n) is 13.4. The van der Waals surface area contributed by atoms with Crippen LogP contribution in [0, 0.1) is 5.82 Å². The number of hydrogen-bond acceptors (Lipinski definition) is 4. The number of hydrogen-bond donors (Lipinski definition) is 1. The summed E-state index contributed by atoms with van der Waals surface area (Å²) >= 11 is 0. The van der Waals surface area contributed by atoms with Crippen molar-refractivity contribution in [1.82, 2.24) is 10.3 Å². The third-order valence-electron chi connectivity index (χ3n) is 3.93. The summed E-state index contributed by atoms with van der Waals surface area (Å²) < 4.78 is 18.4. The summed E-state index contributed by atoms with van der Waals surface area (Å²) in [7, 11) is 0. The molecule has 2 heterocycles. The first-order valence-electron chi connectivity index (χ1n) is 8.04. The minimum Gasteiger partial charge on any atom is -0.378 e. The Morgan fingerprint density at radius 1 is 1.25 bits per heavy atom. The number of morpholine rings is 1. The summed E-state index contributed by atoms with van der Waals surface area (Å²) in [5.74, 6) is 0.420. The molecule has 0 unspecified atom stereocenters. The Morgan fingerprint density at radius 3 is 2.79 bits per heavy atom. The van der Waals surface area contributed by atoms with E-state index in [0.717, 1.165) is 24.5 Å². The van der Waals surface area contributed by atoms with Gasteiger partial charge < -0.3 is 15.0 Å². The van der Waals surface area contributed by atoms with Crippen molar-refractivity contribution in [3.8, 4) is 0 Å². The van der Waals surface area contributed by atoms with Crippen LogP contribution < -0.4 is 10.2 Å². The minimum absolute atomic E-state index is 0.174. The molecule has 1 aliphatic heterocycles. The lowest BCUT2D eigenvalue weighted by Gasteiger charge is -2.27. The van der Waals surface area contributed by atoms with Gasteiger partial charge in [-0.1, -0.05) is 12.1 Å². The summed E-state index contributed by atoms with van der Waals surface area (Å²) in [6.45, 7) is 3.47. The van der Waals surface area contributed by atoms with Crippen molar-refractivity contribution in [2.45, 2.75) is 6.42 Å². The van der Waals surface area contributed by atoms with E-state index in [-0.39, 0.29) is 11.7 Å². The number of ether oxygens (including phenoxy) is 1. The summed E-state index contributed by atoms with van der Waals surface area (Å²) in [5.41, 5.74) is 1.38. The second-order valence-corrected chi connectivity index (χ2v) is 5.64. The van der Waals surface area contributed by atoms with Crippen molar-refractivity contribution in [2.24, 2.45) is 0 Å². The zero-order valence-corrected chi connectivity index (χ0v) is 13.4. The van der Waals surface area contributed by atoms with E-state index in [0.29, 0.717) is 31.7 Å². The van der Waals surface area contributed by atoms with Crippen molar-refractivity contribution in [3.63, 3.8) is 0 Å². The molecule has 0 atom stereocenters. The lowest BCUT2D eigenvalue weighted by Crippen LogP contribution is -2.36. The molecule has 1 amide bonds.